The Morgan fingerprint density at radius 3 is 1.09 bits per heavy atom. The highest BCUT2D eigenvalue weighted by molar-refractivity contribution is 7.76. The zero-order valence-corrected chi connectivity index (χ0v) is 41.7. The summed E-state index contributed by atoms with van der Waals surface area (Å²) in [5, 5.41) is 22.5. The Bertz CT molecular complexity index is 1080. The molecule has 9 nitrogen and oxygen atoms in total. The van der Waals surface area contributed by atoms with E-state index in [2.05, 4.69) is 55.4 Å². The number of aliphatic carboxylic acids is 1. The highest BCUT2D eigenvalue weighted by atomic mass is 35.5. The van der Waals surface area contributed by atoms with Crippen molar-refractivity contribution in [3.05, 3.63) is 27.7 Å². The molecule has 0 fully saturated rings. The molecular formula is C43H84Cl2NO8P3. The molecule has 0 bridgehead atoms. The van der Waals surface area contributed by atoms with E-state index in [9.17, 15) is 24.4 Å². The van der Waals surface area contributed by atoms with Gasteiger partial charge in [-0.1, -0.05) is 130 Å². The number of ether oxygens (including phenoxy) is 1. The standard InChI is InChI=1S/2C16H36P.C8H6Cl2O3.C3H8NO5P/c2*1-5-9-13-17(14-10-6-2,15-11-7-3)16-12-8-4;1-13-7-5(10)3-2-4(9)6(7)8(11)12;5-3(6)1-4-2-10(7,8)9/h2*5-16H2,1-4H3;2-3H,1H3,(H,11,12);4H,1-2H2,(H,5,6)(H2,7,8,9)/q2*+1;;/p-2. The predicted molar refractivity (Wildman–Crippen MR) is 249 cm³/mol. The molecule has 57 heavy (non-hydrogen) atoms. The van der Waals surface area contributed by atoms with E-state index in [0.29, 0.717) is 0 Å². The van der Waals surface area contributed by atoms with E-state index >= 15 is 0 Å². The van der Waals surface area contributed by atoms with Gasteiger partial charge in [-0.25, -0.2) is 0 Å². The van der Waals surface area contributed by atoms with Crippen molar-refractivity contribution in [2.75, 3.05) is 69.2 Å². The lowest BCUT2D eigenvalue weighted by Gasteiger charge is -2.28. The molecule has 0 aliphatic rings. The third kappa shape index (κ3) is 32.9. The Labute approximate surface area is 360 Å². The molecule has 0 aliphatic heterocycles. The third-order valence-electron chi connectivity index (χ3n) is 9.94. The number of carbonyl (C=O) groups excluding carboxylic acids is 2. The van der Waals surface area contributed by atoms with Gasteiger partial charge < -0.3 is 39.6 Å². The van der Waals surface area contributed by atoms with E-state index in [-0.39, 0.29) is 21.4 Å². The van der Waals surface area contributed by atoms with E-state index in [1.807, 2.05) is 5.32 Å². The molecule has 0 saturated heterocycles. The van der Waals surface area contributed by atoms with Gasteiger partial charge in [-0.2, -0.15) is 0 Å². The zero-order valence-electron chi connectivity index (χ0n) is 37.5. The molecule has 0 amide bonds. The Kier molecular flexibility index (Phi) is 41.0. The van der Waals surface area contributed by atoms with E-state index in [0.717, 1.165) is 0 Å². The number of carbonyl (C=O) groups is 2. The predicted octanol–water partition coefficient (Wildman–Crippen LogP) is 11.2. The number of hydrogen-bond donors (Lipinski definition) is 3. The van der Waals surface area contributed by atoms with E-state index in [1.54, 1.807) is 49.3 Å². The molecule has 1 aromatic rings. The van der Waals surface area contributed by atoms with Crippen molar-refractivity contribution >= 4 is 57.3 Å². The second-order valence-corrected chi connectivity index (χ2v) is 26.6. The van der Waals surface area contributed by atoms with Crippen molar-refractivity contribution in [2.24, 2.45) is 0 Å². The smallest absolute Gasteiger partial charge is 0.339 e. The van der Waals surface area contributed by atoms with E-state index < -0.39 is 46.9 Å². The highest BCUT2D eigenvalue weighted by Crippen LogP contribution is 2.62. The summed E-state index contributed by atoms with van der Waals surface area (Å²) in [7, 11) is -3.94. The van der Waals surface area contributed by atoms with Gasteiger partial charge in [0.05, 0.1) is 90.2 Å². The summed E-state index contributed by atoms with van der Waals surface area (Å²) in [6, 6.07) is 2.83. The van der Waals surface area contributed by atoms with Crippen LogP contribution in [0, 0.1) is 0 Å². The van der Waals surface area contributed by atoms with Crippen LogP contribution in [0.3, 0.4) is 0 Å². The van der Waals surface area contributed by atoms with Crippen LogP contribution in [0.15, 0.2) is 12.1 Å². The van der Waals surface area contributed by atoms with Crippen LogP contribution in [0.4, 0.5) is 0 Å². The summed E-state index contributed by atoms with van der Waals surface area (Å²) < 4.78 is 14.8. The summed E-state index contributed by atoms with van der Waals surface area (Å²) in [6.07, 6.45) is 35.3. The Morgan fingerprint density at radius 1 is 0.614 bits per heavy atom. The van der Waals surface area contributed by atoms with Crippen LogP contribution in [-0.4, -0.2) is 91.0 Å². The summed E-state index contributed by atoms with van der Waals surface area (Å²) >= 11 is 11.3. The van der Waals surface area contributed by atoms with Gasteiger partial charge in [-0.15, -0.1) is 0 Å². The maximum atomic E-state index is 10.6. The highest BCUT2D eigenvalue weighted by Gasteiger charge is 2.35. The molecule has 1 rings (SSSR count). The van der Waals surface area contributed by atoms with Crippen molar-refractivity contribution in [3.63, 3.8) is 0 Å². The molecule has 0 saturated carbocycles. The van der Waals surface area contributed by atoms with Crippen LogP contribution in [0.5, 0.6) is 5.75 Å². The van der Waals surface area contributed by atoms with Crippen molar-refractivity contribution in [1.82, 2.24) is 5.32 Å². The second kappa shape index (κ2) is 38.4. The fraction of sp³-hybridized carbons (Fsp3) is 0.814. The van der Waals surface area contributed by atoms with Gasteiger partial charge in [0.25, 0.3) is 0 Å². The quantitative estimate of drug-likeness (QED) is 0.0639. The minimum absolute atomic E-state index is 0.0224. The minimum atomic E-state index is -4.12. The first kappa shape index (κ1) is 60.8. The molecule has 1 aromatic carbocycles. The Hall–Kier alpha value is -0.490. The lowest BCUT2D eigenvalue weighted by atomic mass is 10.2. The number of benzene rings is 1. The summed E-state index contributed by atoms with van der Waals surface area (Å²) in [4.78, 5) is 36.6. The SMILES string of the molecule is CCCC[P+](CCCC)(CCCC)CCCC.CCCC[P+](CCCC)(CCCC)CCCC.COc1c(Cl)ccc(Cl)c1C(=O)[O-].O=C([O-])CNCP(=O)(O)O. The Balaban J connectivity index is -0.000000695. The molecule has 0 radical (unpaired) electrons. The number of carboxylic acid groups (broad SMARTS) is 2. The maximum absolute atomic E-state index is 10.6. The summed E-state index contributed by atoms with van der Waals surface area (Å²) in [6.45, 7) is 18.3. The van der Waals surface area contributed by atoms with Gasteiger partial charge in [-0.3, -0.25) is 4.57 Å². The number of halogens is 2. The van der Waals surface area contributed by atoms with Crippen LogP contribution in [0.2, 0.25) is 10.0 Å². The van der Waals surface area contributed by atoms with Crippen LogP contribution in [0.1, 0.15) is 168 Å². The van der Waals surface area contributed by atoms with E-state index in [4.69, 9.17) is 37.7 Å². The number of rotatable bonds is 30. The average Bonchev–Trinajstić information content (AvgIpc) is 3.17. The molecule has 0 aromatic heterocycles. The number of unbranched alkanes of at least 4 members (excludes halogenated alkanes) is 8. The van der Waals surface area contributed by atoms with Crippen LogP contribution in [0.25, 0.3) is 0 Å². The van der Waals surface area contributed by atoms with E-state index in [1.165, 1.54) is 122 Å². The lowest BCUT2D eigenvalue weighted by molar-refractivity contribution is -0.304. The molecule has 3 N–H and O–H groups in total. The summed E-state index contributed by atoms with van der Waals surface area (Å²) in [5.74, 6) is -2.79. The van der Waals surface area contributed by atoms with Crippen molar-refractivity contribution in [2.45, 2.75) is 158 Å². The van der Waals surface area contributed by atoms with Gasteiger partial charge in [-0.05, 0) is 63.5 Å². The molecule has 0 atom stereocenters. The van der Waals surface area contributed by atoms with Gasteiger partial charge >= 0.3 is 7.60 Å². The molecule has 0 spiro atoms. The number of hydrogen-bond acceptors (Lipinski definition) is 7. The second-order valence-electron chi connectivity index (χ2n) is 15.1. The molecule has 0 aliphatic carbocycles. The summed E-state index contributed by atoms with van der Waals surface area (Å²) in [5.41, 5.74) is -0.225. The van der Waals surface area contributed by atoms with Gasteiger partial charge in [0, 0.05) is 21.1 Å². The number of nitrogens with one attached hydrogen (secondary N) is 1. The first-order chi connectivity index (χ1) is 27.0. The number of methoxy groups -OCH3 is 1. The van der Waals surface area contributed by atoms with Crippen LogP contribution >= 0.6 is 45.3 Å². The molecule has 0 unspecified atom stereocenters. The van der Waals surface area contributed by atoms with Gasteiger partial charge in [0.15, 0.2) is 0 Å². The monoisotopic (exact) mass is 905 g/mol. The number of carboxylic acids is 2. The van der Waals surface area contributed by atoms with Gasteiger partial charge in [0.1, 0.15) is 5.75 Å². The average molecular weight is 907 g/mol. The molecule has 0 heterocycles. The zero-order chi connectivity index (χ0) is 44.2. The third-order valence-corrected chi connectivity index (χ3v) is 21.3. The topological polar surface area (TPSA) is 159 Å². The minimum Gasteiger partial charge on any atom is -0.549 e. The largest absolute Gasteiger partial charge is 0.549 e. The fourth-order valence-electron chi connectivity index (χ4n) is 6.52. The normalized spacial score (nSPS) is 11.4. The van der Waals surface area contributed by atoms with Crippen molar-refractivity contribution in [1.29, 1.82) is 0 Å². The lowest BCUT2D eigenvalue weighted by Crippen LogP contribution is -2.34. The fourth-order valence-corrected chi connectivity index (χ4v) is 18.0. The van der Waals surface area contributed by atoms with Gasteiger partial charge in [0.2, 0.25) is 0 Å². The van der Waals surface area contributed by atoms with Crippen LogP contribution in [-0.2, 0) is 9.36 Å². The maximum Gasteiger partial charge on any atom is 0.339 e. The first-order valence-electron chi connectivity index (χ1n) is 21.9. The Morgan fingerprint density at radius 2 is 0.895 bits per heavy atom. The van der Waals surface area contributed by atoms with Crippen LogP contribution < -0.4 is 20.3 Å². The number of aromatic carboxylic acids is 1. The van der Waals surface area contributed by atoms with Crippen molar-refractivity contribution < 1.29 is 38.9 Å². The first-order valence-corrected chi connectivity index (χ1v) is 29.5. The molecule has 338 valence electrons. The van der Waals surface area contributed by atoms with Crippen molar-refractivity contribution in [3.8, 4) is 5.75 Å². The molecule has 14 heteroatoms. The molecular weight excluding hydrogens is 822 g/mol.